The predicted molar refractivity (Wildman–Crippen MR) is 77.2 cm³/mol. The standard InChI is InChI=1S/C15H12F3N3O/c1-21-8-20-14-12(6-10(19)7-13(14)21)9-2-4-11(5-3-9)22-15(16,17)18/h2-8H,19H2,1H3. The maximum Gasteiger partial charge on any atom is 0.573 e. The molecule has 0 amide bonds. The van der Waals surface area contributed by atoms with Crippen LogP contribution in [-0.2, 0) is 7.05 Å². The van der Waals surface area contributed by atoms with Crippen molar-refractivity contribution in [2.45, 2.75) is 6.36 Å². The molecule has 1 aromatic heterocycles. The molecule has 3 rings (SSSR count). The third-order valence-electron chi connectivity index (χ3n) is 3.25. The van der Waals surface area contributed by atoms with Gasteiger partial charge in [0.25, 0.3) is 0 Å². The molecule has 0 saturated heterocycles. The first-order valence-corrected chi connectivity index (χ1v) is 6.40. The zero-order chi connectivity index (χ0) is 15.9. The van der Waals surface area contributed by atoms with Crippen LogP contribution in [0.1, 0.15) is 0 Å². The van der Waals surface area contributed by atoms with Crippen molar-refractivity contribution in [3.63, 3.8) is 0 Å². The molecule has 114 valence electrons. The number of aromatic nitrogens is 2. The van der Waals surface area contributed by atoms with Crippen LogP contribution in [0.4, 0.5) is 18.9 Å². The summed E-state index contributed by atoms with van der Waals surface area (Å²) in [7, 11) is 1.85. The fourth-order valence-corrected chi connectivity index (χ4v) is 2.31. The van der Waals surface area contributed by atoms with Gasteiger partial charge in [0.2, 0.25) is 0 Å². The summed E-state index contributed by atoms with van der Waals surface area (Å²) in [6.07, 6.45) is -3.04. The van der Waals surface area contributed by atoms with Crippen LogP contribution in [0, 0.1) is 0 Å². The third-order valence-corrected chi connectivity index (χ3v) is 3.25. The van der Waals surface area contributed by atoms with Gasteiger partial charge in [-0.15, -0.1) is 13.2 Å². The maximum absolute atomic E-state index is 12.2. The quantitative estimate of drug-likeness (QED) is 0.734. The van der Waals surface area contributed by atoms with Crippen LogP contribution in [0.15, 0.2) is 42.7 Å². The van der Waals surface area contributed by atoms with Gasteiger partial charge >= 0.3 is 6.36 Å². The van der Waals surface area contributed by atoms with E-state index in [9.17, 15) is 13.2 Å². The molecule has 0 bridgehead atoms. The first kappa shape index (κ1) is 14.2. The maximum atomic E-state index is 12.2. The van der Waals surface area contributed by atoms with Crippen LogP contribution in [-0.4, -0.2) is 15.9 Å². The summed E-state index contributed by atoms with van der Waals surface area (Å²) in [4.78, 5) is 4.31. The smallest absolute Gasteiger partial charge is 0.406 e. The molecule has 2 aromatic carbocycles. The molecule has 0 spiro atoms. The molecule has 7 heteroatoms. The Kier molecular flexibility index (Phi) is 3.20. The number of nitrogen functional groups attached to an aromatic ring is 1. The number of halogens is 3. The lowest BCUT2D eigenvalue weighted by molar-refractivity contribution is -0.274. The summed E-state index contributed by atoms with van der Waals surface area (Å²) in [6, 6.07) is 9.16. The highest BCUT2D eigenvalue weighted by Crippen LogP contribution is 2.32. The highest BCUT2D eigenvalue weighted by Gasteiger charge is 2.31. The second kappa shape index (κ2) is 4.94. The Morgan fingerprint density at radius 2 is 1.82 bits per heavy atom. The van der Waals surface area contributed by atoms with E-state index < -0.39 is 6.36 Å². The van der Waals surface area contributed by atoms with Gasteiger partial charge in [0, 0.05) is 18.3 Å². The zero-order valence-corrected chi connectivity index (χ0v) is 11.6. The second-order valence-corrected chi connectivity index (χ2v) is 4.86. The Morgan fingerprint density at radius 3 is 2.45 bits per heavy atom. The lowest BCUT2D eigenvalue weighted by atomic mass is 10.0. The SMILES string of the molecule is Cn1cnc2c(-c3ccc(OC(F)(F)F)cc3)cc(N)cc21. The minimum Gasteiger partial charge on any atom is -0.406 e. The number of ether oxygens (including phenoxy) is 1. The van der Waals surface area contributed by atoms with Gasteiger partial charge in [-0.25, -0.2) is 4.98 Å². The Hall–Kier alpha value is -2.70. The van der Waals surface area contributed by atoms with E-state index in [0.717, 1.165) is 16.6 Å². The van der Waals surface area contributed by atoms with E-state index in [1.54, 1.807) is 30.6 Å². The molecule has 0 saturated carbocycles. The highest BCUT2D eigenvalue weighted by atomic mass is 19.4. The van der Waals surface area contributed by atoms with Crippen LogP contribution in [0.25, 0.3) is 22.2 Å². The fourth-order valence-electron chi connectivity index (χ4n) is 2.31. The topological polar surface area (TPSA) is 53.1 Å². The lowest BCUT2D eigenvalue weighted by Crippen LogP contribution is -2.16. The number of anilines is 1. The number of hydrogen-bond donors (Lipinski definition) is 1. The van der Waals surface area contributed by atoms with Crippen LogP contribution in [0.5, 0.6) is 5.75 Å². The summed E-state index contributed by atoms with van der Waals surface area (Å²) in [5.74, 6) is -0.266. The molecular weight excluding hydrogens is 295 g/mol. The average Bonchev–Trinajstić information content (AvgIpc) is 2.79. The zero-order valence-electron chi connectivity index (χ0n) is 11.6. The molecule has 0 atom stereocenters. The third kappa shape index (κ3) is 2.69. The van der Waals surface area contributed by atoms with E-state index in [4.69, 9.17) is 5.73 Å². The number of fused-ring (bicyclic) bond motifs is 1. The van der Waals surface area contributed by atoms with Gasteiger partial charge in [0.1, 0.15) is 5.75 Å². The minimum absolute atomic E-state index is 0.266. The van der Waals surface area contributed by atoms with Crippen molar-refractivity contribution in [3.8, 4) is 16.9 Å². The van der Waals surface area contributed by atoms with Crippen molar-refractivity contribution >= 4 is 16.7 Å². The molecule has 0 aliphatic carbocycles. The minimum atomic E-state index is -4.70. The number of benzene rings is 2. The highest BCUT2D eigenvalue weighted by molar-refractivity contribution is 5.94. The van der Waals surface area contributed by atoms with Crippen LogP contribution < -0.4 is 10.5 Å². The van der Waals surface area contributed by atoms with Gasteiger partial charge in [-0.3, -0.25) is 0 Å². The second-order valence-electron chi connectivity index (χ2n) is 4.86. The van der Waals surface area contributed by atoms with Gasteiger partial charge in [-0.1, -0.05) is 12.1 Å². The Labute approximate surface area is 123 Å². The average molecular weight is 307 g/mol. The Morgan fingerprint density at radius 1 is 1.14 bits per heavy atom. The van der Waals surface area contributed by atoms with E-state index in [1.807, 2.05) is 11.6 Å². The molecule has 0 radical (unpaired) electrons. The van der Waals surface area contributed by atoms with Crippen molar-refractivity contribution in [1.82, 2.24) is 9.55 Å². The van der Waals surface area contributed by atoms with Crippen LogP contribution in [0.3, 0.4) is 0 Å². The van der Waals surface area contributed by atoms with Gasteiger partial charge in [0.15, 0.2) is 0 Å². The molecule has 0 unspecified atom stereocenters. The lowest BCUT2D eigenvalue weighted by Gasteiger charge is -2.10. The summed E-state index contributed by atoms with van der Waals surface area (Å²) in [5.41, 5.74) is 9.51. The van der Waals surface area contributed by atoms with E-state index in [-0.39, 0.29) is 5.75 Å². The molecular formula is C15H12F3N3O. The van der Waals surface area contributed by atoms with Crippen molar-refractivity contribution in [2.24, 2.45) is 7.05 Å². The van der Waals surface area contributed by atoms with Crippen molar-refractivity contribution in [2.75, 3.05) is 5.73 Å². The number of aryl methyl sites for hydroxylation is 1. The first-order chi connectivity index (χ1) is 10.3. The normalized spacial score (nSPS) is 11.8. The van der Waals surface area contributed by atoms with E-state index >= 15 is 0 Å². The Balaban J connectivity index is 2.04. The number of nitrogens with two attached hydrogens (primary N) is 1. The molecule has 2 N–H and O–H groups in total. The van der Waals surface area contributed by atoms with Crippen molar-refractivity contribution < 1.29 is 17.9 Å². The van der Waals surface area contributed by atoms with Crippen LogP contribution >= 0.6 is 0 Å². The summed E-state index contributed by atoms with van der Waals surface area (Å²) in [5, 5.41) is 0. The molecule has 0 aliphatic rings. The Bertz CT molecular complexity index is 822. The van der Waals surface area contributed by atoms with E-state index in [2.05, 4.69) is 9.72 Å². The first-order valence-electron chi connectivity index (χ1n) is 6.40. The number of alkyl halides is 3. The van der Waals surface area contributed by atoms with Crippen molar-refractivity contribution in [1.29, 1.82) is 0 Å². The molecule has 22 heavy (non-hydrogen) atoms. The van der Waals surface area contributed by atoms with Gasteiger partial charge in [0.05, 0.1) is 17.4 Å². The van der Waals surface area contributed by atoms with E-state index in [0.29, 0.717) is 11.3 Å². The molecule has 3 aromatic rings. The number of nitrogens with zero attached hydrogens (tertiary/aromatic N) is 2. The van der Waals surface area contributed by atoms with Crippen LogP contribution in [0.2, 0.25) is 0 Å². The van der Waals surface area contributed by atoms with Gasteiger partial charge in [-0.05, 0) is 29.8 Å². The molecule has 1 heterocycles. The number of imidazole rings is 1. The molecule has 0 aliphatic heterocycles. The molecule has 4 nitrogen and oxygen atoms in total. The van der Waals surface area contributed by atoms with E-state index in [1.165, 1.54) is 12.1 Å². The number of rotatable bonds is 2. The van der Waals surface area contributed by atoms with Gasteiger partial charge < -0.3 is 15.0 Å². The monoisotopic (exact) mass is 307 g/mol. The number of hydrogen-bond acceptors (Lipinski definition) is 3. The van der Waals surface area contributed by atoms with Gasteiger partial charge in [-0.2, -0.15) is 0 Å². The molecule has 0 fully saturated rings. The van der Waals surface area contributed by atoms with Crippen molar-refractivity contribution in [3.05, 3.63) is 42.7 Å². The summed E-state index contributed by atoms with van der Waals surface area (Å²) < 4.78 is 42.2. The predicted octanol–water partition coefficient (Wildman–Crippen LogP) is 3.72. The largest absolute Gasteiger partial charge is 0.573 e. The summed E-state index contributed by atoms with van der Waals surface area (Å²) >= 11 is 0. The summed E-state index contributed by atoms with van der Waals surface area (Å²) in [6.45, 7) is 0. The fraction of sp³-hybridized carbons (Fsp3) is 0.133.